The smallest absolute Gasteiger partial charge is 0.333 e. The zero-order valence-corrected chi connectivity index (χ0v) is 11.0. The van der Waals surface area contributed by atoms with Gasteiger partial charge in [-0.25, -0.2) is 19.7 Å². The van der Waals surface area contributed by atoms with E-state index in [4.69, 9.17) is 16.4 Å². The van der Waals surface area contributed by atoms with Gasteiger partial charge in [0, 0.05) is 0 Å². The summed E-state index contributed by atoms with van der Waals surface area (Å²) in [4.78, 5) is 29.0. The van der Waals surface area contributed by atoms with Crippen LogP contribution in [-0.4, -0.2) is 25.7 Å². The zero-order chi connectivity index (χ0) is 13.2. The van der Waals surface area contributed by atoms with Crippen LogP contribution in [0.25, 0.3) is 11.2 Å². The lowest BCUT2D eigenvalue weighted by Crippen LogP contribution is -2.21. The van der Waals surface area contributed by atoms with Crippen LogP contribution in [-0.2, 0) is 4.79 Å². The minimum absolute atomic E-state index is 0.246. The maximum atomic E-state index is 11.8. The van der Waals surface area contributed by atoms with E-state index in [9.17, 15) is 4.79 Å². The van der Waals surface area contributed by atoms with Crippen molar-refractivity contribution in [2.24, 2.45) is 5.92 Å². The topological polar surface area (TPSA) is 69.9 Å². The van der Waals surface area contributed by atoms with Crippen LogP contribution in [0.5, 0.6) is 0 Å². The quantitative estimate of drug-likeness (QED) is 0.805. The van der Waals surface area contributed by atoms with Gasteiger partial charge in [-0.05, 0) is 18.8 Å². The number of carbonyl (C=O) groups excluding carboxylic acids is 1. The van der Waals surface area contributed by atoms with Gasteiger partial charge in [-0.2, -0.15) is 0 Å². The molecule has 1 fully saturated rings. The first-order valence-corrected chi connectivity index (χ1v) is 6.66. The van der Waals surface area contributed by atoms with Crippen LogP contribution >= 0.6 is 11.6 Å². The second kappa shape index (κ2) is 5.13. The number of halogens is 1. The van der Waals surface area contributed by atoms with Crippen LogP contribution in [0.15, 0.2) is 12.7 Å². The molecule has 0 bridgehead atoms. The van der Waals surface area contributed by atoms with E-state index < -0.39 is 0 Å². The van der Waals surface area contributed by atoms with Crippen molar-refractivity contribution >= 4 is 28.7 Å². The Kier molecular flexibility index (Phi) is 3.33. The molecule has 2 aromatic rings. The molecule has 0 saturated heterocycles. The second-order valence-corrected chi connectivity index (χ2v) is 5.08. The van der Waals surface area contributed by atoms with Crippen LogP contribution in [0.2, 0.25) is 5.15 Å². The summed E-state index contributed by atoms with van der Waals surface area (Å²) in [5.74, 6) is 0.182. The summed E-state index contributed by atoms with van der Waals surface area (Å²) in [7, 11) is 0. The molecule has 0 N–H and O–H groups in total. The van der Waals surface area contributed by atoms with Crippen molar-refractivity contribution in [3.63, 3.8) is 0 Å². The van der Waals surface area contributed by atoms with Crippen LogP contribution in [0, 0.1) is 5.92 Å². The molecule has 2 aromatic heterocycles. The Labute approximate surface area is 114 Å². The van der Waals surface area contributed by atoms with E-state index in [1.807, 2.05) is 0 Å². The highest BCUT2D eigenvalue weighted by Crippen LogP contribution is 2.27. The Bertz CT molecular complexity index is 607. The average Bonchev–Trinajstić information content (AvgIpc) is 3.01. The fourth-order valence-corrected chi connectivity index (χ4v) is 2.63. The first-order valence-electron chi connectivity index (χ1n) is 6.29. The van der Waals surface area contributed by atoms with Gasteiger partial charge in [0.1, 0.15) is 18.2 Å². The molecule has 1 aliphatic carbocycles. The van der Waals surface area contributed by atoms with Crippen molar-refractivity contribution in [2.75, 3.05) is 0 Å². The molecule has 0 amide bonds. The molecule has 1 aliphatic rings. The van der Waals surface area contributed by atoms with E-state index in [-0.39, 0.29) is 11.1 Å². The molecule has 0 atom stereocenters. The van der Waals surface area contributed by atoms with Gasteiger partial charge in [0.15, 0.2) is 5.15 Å². The Balaban J connectivity index is 1.74. The highest BCUT2D eigenvalue weighted by atomic mass is 35.5. The van der Waals surface area contributed by atoms with E-state index in [1.54, 1.807) is 0 Å². The molecular weight excluding hydrogens is 268 g/mol. The van der Waals surface area contributed by atoms with Crippen LogP contribution in [0.1, 0.15) is 32.1 Å². The van der Waals surface area contributed by atoms with E-state index in [2.05, 4.69) is 15.0 Å². The number of carbonyl (C=O) groups is 1. The molecule has 0 aliphatic heterocycles. The largest absolute Gasteiger partial charge is 0.333 e. The lowest BCUT2D eigenvalue weighted by Gasteiger charge is -2.08. The number of hydrogen-bond acceptors (Lipinski definition) is 5. The number of rotatable bonds is 3. The van der Waals surface area contributed by atoms with Crippen LogP contribution in [0.4, 0.5) is 0 Å². The predicted molar refractivity (Wildman–Crippen MR) is 68.5 cm³/mol. The standard InChI is InChI=1S/C12H13ClN4O2/c13-11-10-12(15-6-14-11)17(7-16-10)19-9(18)5-8-3-1-2-4-8/h6-8H,1-5H2. The van der Waals surface area contributed by atoms with Gasteiger partial charge < -0.3 is 4.84 Å². The van der Waals surface area contributed by atoms with Gasteiger partial charge in [0.2, 0.25) is 5.65 Å². The highest BCUT2D eigenvalue weighted by Gasteiger charge is 2.20. The fraction of sp³-hybridized carbons (Fsp3) is 0.500. The summed E-state index contributed by atoms with van der Waals surface area (Å²) >= 11 is 5.88. The normalized spacial score (nSPS) is 16.1. The van der Waals surface area contributed by atoms with E-state index >= 15 is 0 Å². The van der Waals surface area contributed by atoms with Crippen molar-refractivity contribution < 1.29 is 9.63 Å². The molecular formula is C12H13ClN4O2. The van der Waals surface area contributed by atoms with Crippen LogP contribution < -0.4 is 4.84 Å². The number of hydrogen-bond donors (Lipinski definition) is 0. The maximum Gasteiger partial charge on any atom is 0.333 e. The molecule has 2 heterocycles. The van der Waals surface area contributed by atoms with Crippen LogP contribution in [0.3, 0.4) is 0 Å². The maximum absolute atomic E-state index is 11.8. The molecule has 1 saturated carbocycles. The van der Waals surface area contributed by atoms with E-state index in [0.29, 0.717) is 23.5 Å². The molecule has 7 heteroatoms. The average molecular weight is 281 g/mol. The van der Waals surface area contributed by atoms with Gasteiger partial charge in [-0.15, -0.1) is 4.73 Å². The second-order valence-electron chi connectivity index (χ2n) is 4.72. The molecule has 100 valence electrons. The van der Waals surface area contributed by atoms with Crippen molar-refractivity contribution in [3.8, 4) is 0 Å². The zero-order valence-electron chi connectivity index (χ0n) is 10.3. The lowest BCUT2D eigenvalue weighted by molar-refractivity contribution is -0.144. The van der Waals surface area contributed by atoms with E-state index in [0.717, 1.165) is 12.8 Å². The molecule has 0 spiro atoms. The lowest BCUT2D eigenvalue weighted by atomic mass is 10.1. The number of fused-ring (bicyclic) bond motifs is 1. The van der Waals surface area contributed by atoms with E-state index in [1.165, 1.54) is 30.2 Å². The summed E-state index contributed by atoms with van der Waals surface area (Å²) in [6.45, 7) is 0. The monoisotopic (exact) mass is 280 g/mol. The van der Waals surface area contributed by atoms with Gasteiger partial charge >= 0.3 is 5.97 Å². The highest BCUT2D eigenvalue weighted by molar-refractivity contribution is 6.33. The third-order valence-electron chi connectivity index (χ3n) is 3.39. The Morgan fingerprint density at radius 3 is 2.95 bits per heavy atom. The van der Waals surface area contributed by atoms with Crippen molar-refractivity contribution in [1.82, 2.24) is 19.7 Å². The van der Waals surface area contributed by atoms with Crippen molar-refractivity contribution in [2.45, 2.75) is 32.1 Å². The van der Waals surface area contributed by atoms with Gasteiger partial charge in [-0.1, -0.05) is 24.4 Å². The Morgan fingerprint density at radius 2 is 2.16 bits per heavy atom. The molecule has 0 aromatic carbocycles. The third-order valence-corrected chi connectivity index (χ3v) is 3.67. The Hall–Kier alpha value is -1.69. The summed E-state index contributed by atoms with van der Waals surface area (Å²) in [5.41, 5.74) is 0.831. The van der Waals surface area contributed by atoms with Gasteiger partial charge in [-0.3, -0.25) is 0 Å². The third kappa shape index (κ3) is 2.53. The van der Waals surface area contributed by atoms with Crippen molar-refractivity contribution in [1.29, 1.82) is 0 Å². The van der Waals surface area contributed by atoms with Crippen molar-refractivity contribution in [3.05, 3.63) is 17.8 Å². The molecule has 6 nitrogen and oxygen atoms in total. The first kappa shape index (κ1) is 12.3. The van der Waals surface area contributed by atoms with Gasteiger partial charge in [0.25, 0.3) is 0 Å². The molecule has 0 radical (unpaired) electrons. The minimum Gasteiger partial charge on any atom is -0.333 e. The molecule has 0 unspecified atom stereocenters. The predicted octanol–water partition coefficient (Wildman–Crippen LogP) is 2.02. The molecule has 3 rings (SSSR count). The summed E-state index contributed by atoms with van der Waals surface area (Å²) in [6, 6.07) is 0. The van der Waals surface area contributed by atoms with Gasteiger partial charge in [0.05, 0.1) is 6.42 Å². The Morgan fingerprint density at radius 1 is 1.37 bits per heavy atom. The first-order chi connectivity index (χ1) is 9.24. The number of aromatic nitrogens is 4. The number of imidazole rings is 1. The molecule has 19 heavy (non-hydrogen) atoms. The SMILES string of the molecule is O=C(CC1CCCC1)On1cnc2c(Cl)ncnc21. The fourth-order valence-electron chi connectivity index (χ4n) is 2.45. The summed E-state index contributed by atoms with van der Waals surface area (Å²) < 4.78 is 1.25. The number of nitrogens with zero attached hydrogens (tertiary/aromatic N) is 4. The summed E-state index contributed by atoms with van der Waals surface area (Å²) in [5, 5.41) is 0.246. The minimum atomic E-state index is -0.263. The summed E-state index contributed by atoms with van der Waals surface area (Å²) in [6.07, 6.45) is 7.76.